The number of hydrogen-bond donors (Lipinski definition) is 0. The average molecular weight is 142 g/mol. The second-order valence-electron chi connectivity index (χ2n) is 1.37. The van der Waals surface area contributed by atoms with Crippen LogP contribution in [0.4, 0.5) is 0 Å². The predicted octanol–water partition coefficient (Wildman–Crippen LogP) is -1.67. The number of pyridine rings is 1. The fraction of sp³-hybridized carbons (Fsp3) is 0. The van der Waals surface area contributed by atoms with Crippen molar-refractivity contribution < 1.29 is 51.4 Å². The summed E-state index contributed by atoms with van der Waals surface area (Å²) < 4.78 is 0. The van der Waals surface area contributed by atoms with E-state index in [1.54, 1.807) is 6.20 Å². The number of hydrogen-bond acceptors (Lipinski definition) is 1. The van der Waals surface area contributed by atoms with Gasteiger partial charge in [-0.05, 0) is 0 Å². The molecule has 0 radical (unpaired) electrons. The fourth-order valence-corrected chi connectivity index (χ4v) is 0.432. The maximum Gasteiger partial charge on any atom is 1.00 e. The van der Waals surface area contributed by atoms with Crippen LogP contribution in [0.2, 0.25) is 0 Å². The molecule has 1 rings (SSSR count). The van der Waals surface area contributed by atoms with Gasteiger partial charge < -0.3 is 17.6 Å². The Kier molecular flexibility index (Phi) is 5.63. The van der Waals surface area contributed by atoms with Gasteiger partial charge in [-0.3, -0.25) is 5.56 Å². The molecule has 0 atom stereocenters. The molecule has 0 amide bonds. The fourth-order valence-electron chi connectivity index (χ4n) is 0.432. The predicted molar refractivity (Wildman–Crippen MR) is 31.8 cm³/mol. The van der Waals surface area contributed by atoms with Gasteiger partial charge in [0, 0.05) is 0 Å². The first-order chi connectivity index (χ1) is 3.93. The first-order valence-electron chi connectivity index (χ1n) is 2.31. The number of nitrogens with zero attached hydrogens (tertiary/aromatic N) is 1. The van der Waals surface area contributed by atoms with Crippen LogP contribution in [0.25, 0.3) is 6.08 Å². The van der Waals surface area contributed by atoms with E-state index in [9.17, 15) is 0 Å². The van der Waals surface area contributed by atoms with E-state index in [1.165, 1.54) is 6.08 Å². The molecule has 0 spiro atoms. The van der Waals surface area contributed by atoms with Gasteiger partial charge in [-0.2, -0.15) is 0 Å². The summed E-state index contributed by atoms with van der Waals surface area (Å²) >= 11 is 0. The molecular weight excluding hydrogens is 137 g/mol. The van der Waals surface area contributed by atoms with Gasteiger partial charge in [0.25, 0.3) is 0 Å². The molecule has 40 valence electrons. The zero-order chi connectivity index (χ0) is 5.82. The van der Waals surface area contributed by atoms with Crippen LogP contribution in [0.5, 0.6) is 0 Å². The van der Waals surface area contributed by atoms with E-state index in [0.29, 0.717) is 0 Å². The molecule has 1 nitrogen and oxygen atoms in total. The molecule has 1 aromatic rings. The minimum Gasteiger partial charge on any atom is -0.380 e. The van der Waals surface area contributed by atoms with Gasteiger partial charge in [-0.1, -0.05) is 6.20 Å². The molecule has 0 aliphatic heterocycles. The Balaban J connectivity index is 0.000000640. The molecule has 0 aliphatic carbocycles. The Labute approximate surface area is 97.6 Å². The van der Waals surface area contributed by atoms with Crippen LogP contribution in [0.3, 0.4) is 0 Å². The molecule has 2 heteroatoms. The largest absolute Gasteiger partial charge is 1.00 e. The summed E-state index contributed by atoms with van der Waals surface area (Å²) in [6.45, 7) is 5.15. The molecule has 0 N–H and O–H groups in total. The van der Waals surface area contributed by atoms with Gasteiger partial charge in [0.2, 0.25) is 0 Å². The van der Waals surface area contributed by atoms with Gasteiger partial charge in [0.15, 0.2) is 0 Å². The van der Waals surface area contributed by atoms with Gasteiger partial charge in [0.05, 0.1) is 0 Å². The van der Waals surface area contributed by atoms with Crippen molar-refractivity contribution in [2.24, 2.45) is 0 Å². The van der Waals surface area contributed by atoms with E-state index >= 15 is 0 Å². The van der Waals surface area contributed by atoms with Crippen LogP contribution in [0.1, 0.15) is 5.56 Å². The van der Waals surface area contributed by atoms with Gasteiger partial charge in [-0.15, -0.1) is 12.3 Å². The van der Waals surface area contributed by atoms with Crippen LogP contribution in [-0.4, -0.2) is 4.98 Å². The van der Waals surface area contributed by atoms with E-state index in [4.69, 9.17) is 6.58 Å². The average Bonchev–Trinajstić information content (AvgIpc) is 1.90. The van der Waals surface area contributed by atoms with E-state index < -0.39 is 0 Å². The maximum atomic E-state index is 5.15. The van der Waals surface area contributed by atoms with E-state index in [2.05, 4.69) is 11.2 Å². The summed E-state index contributed by atoms with van der Waals surface area (Å²) in [7, 11) is 0. The first-order valence-corrected chi connectivity index (χ1v) is 2.31. The Morgan fingerprint density at radius 1 is 1.67 bits per heavy atom. The second kappa shape index (κ2) is 5.32. The minimum absolute atomic E-state index is 0. The van der Waals surface area contributed by atoms with E-state index in [1.807, 2.05) is 12.1 Å². The Morgan fingerprint density at radius 2 is 2.44 bits per heavy atom. The van der Waals surface area contributed by atoms with Crippen molar-refractivity contribution in [2.45, 2.75) is 0 Å². The monoisotopic (exact) mass is 142 g/mol. The molecule has 1 heterocycles. The Morgan fingerprint density at radius 3 is 2.78 bits per heavy atom. The number of aromatic nitrogens is 1. The third kappa shape index (κ3) is 3.28. The van der Waals surface area contributed by atoms with E-state index in [0.717, 1.165) is 5.56 Å². The van der Waals surface area contributed by atoms with Crippen molar-refractivity contribution in [1.82, 2.24) is 4.98 Å². The second-order valence-corrected chi connectivity index (χ2v) is 1.37. The number of rotatable bonds is 1. The summed E-state index contributed by atoms with van der Waals surface area (Å²) in [6.07, 6.45) is 5.81. The van der Waals surface area contributed by atoms with Crippen LogP contribution in [0, 0.1) is 12.8 Å². The van der Waals surface area contributed by atoms with Crippen molar-refractivity contribution in [3.05, 3.63) is 36.7 Å². The smallest absolute Gasteiger partial charge is 0.380 e. The minimum atomic E-state index is 0. The summed E-state index contributed by atoms with van der Waals surface area (Å²) in [5.74, 6) is 0. The molecular formula is C7H5KN-. The summed E-state index contributed by atoms with van der Waals surface area (Å²) in [6, 6.07) is 3.65. The third-order valence-electron chi connectivity index (χ3n) is 0.810. The van der Waals surface area contributed by atoms with Gasteiger partial charge in [-0.25, -0.2) is 6.07 Å². The van der Waals surface area contributed by atoms with Crippen molar-refractivity contribution in [1.29, 1.82) is 0 Å². The van der Waals surface area contributed by atoms with Gasteiger partial charge in [0.1, 0.15) is 0 Å². The van der Waals surface area contributed by atoms with Crippen molar-refractivity contribution >= 4 is 6.08 Å². The molecule has 0 saturated carbocycles. The summed E-state index contributed by atoms with van der Waals surface area (Å²) in [5, 5.41) is 0. The van der Waals surface area contributed by atoms with Crippen LogP contribution in [-0.2, 0) is 0 Å². The standard InChI is InChI=1S/C7H5N.K/c1-2-7-4-3-5-8-6-7;/h1-5H;/q-2;+1. The molecule has 0 fully saturated rings. The van der Waals surface area contributed by atoms with Crippen molar-refractivity contribution in [2.75, 3.05) is 0 Å². The zero-order valence-electron chi connectivity index (χ0n) is 5.33. The molecule has 0 bridgehead atoms. The maximum absolute atomic E-state index is 5.15. The Hall–Kier alpha value is 0.526. The van der Waals surface area contributed by atoms with Crippen molar-refractivity contribution in [3.63, 3.8) is 0 Å². The normalized spacial score (nSPS) is 7.56. The molecule has 0 saturated heterocycles. The van der Waals surface area contributed by atoms with Crippen LogP contribution < -0.4 is 51.4 Å². The third-order valence-corrected chi connectivity index (χ3v) is 0.810. The quantitative estimate of drug-likeness (QED) is 0.337. The molecule has 0 unspecified atom stereocenters. The summed E-state index contributed by atoms with van der Waals surface area (Å²) in [5.41, 5.74) is 0.826. The van der Waals surface area contributed by atoms with E-state index in [-0.39, 0.29) is 51.4 Å². The summed E-state index contributed by atoms with van der Waals surface area (Å²) in [4.78, 5) is 3.72. The molecule has 0 aliphatic rings. The topological polar surface area (TPSA) is 12.9 Å². The molecule has 1 aromatic heterocycles. The molecule has 0 aromatic carbocycles. The zero-order valence-corrected chi connectivity index (χ0v) is 8.46. The van der Waals surface area contributed by atoms with Gasteiger partial charge >= 0.3 is 51.4 Å². The SMILES string of the molecule is [CH-]=Cc1[c-]nccc1.[K+]. The molecule has 9 heavy (non-hydrogen) atoms. The van der Waals surface area contributed by atoms with Crippen LogP contribution in [0.15, 0.2) is 18.3 Å². The first kappa shape index (κ1) is 9.53. The Bertz CT molecular complexity index is 172. The van der Waals surface area contributed by atoms with Crippen LogP contribution >= 0.6 is 0 Å². The van der Waals surface area contributed by atoms with Crippen molar-refractivity contribution in [3.8, 4) is 0 Å².